The van der Waals surface area contributed by atoms with E-state index in [4.69, 9.17) is 10.9 Å². The third-order valence-corrected chi connectivity index (χ3v) is 2.62. The lowest BCUT2D eigenvalue weighted by Gasteiger charge is -2.24. The summed E-state index contributed by atoms with van der Waals surface area (Å²) in [4.78, 5) is 1.09. The summed E-state index contributed by atoms with van der Waals surface area (Å²) >= 11 is 0. The Labute approximate surface area is 109 Å². The van der Waals surface area contributed by atoms with Crippen LogP contribution in [-0.2, 0) is 0 Å². The van der Waals surface area contributed by atoms with Crippen molar-refractivity contribution < 1.29 is 18.4 Å². The highest BCUT2D eigenvalue weighted by molar-refractivity contribution is 5.87. The Morgan fingerprint density at radius 1 is 1.37 bits per heavy atom. The number of amidine groups is 1. The Morgan fingerprint density at radius 2 is 1.95 bits per heavy atom. The molecule has 0 aliphatic rings. The van der Waals surface area contributed by atoms with Gasteiger partial charge in [-0.25, -0.2) is 0 Å². The molecule has 0 heterocycles. The third-order valence-electron chi connectivity index (χ3n) is 2.62. The van der Waals surface area contributed by atoms with Crippen molar-refractivity contribution in [3.8, 4) is 0 Å². The molecule has 1 unspecified atom stereocenters. The standard InChI is InChI=1S/C12H16F3N3O/c1-18(8-12(13,14)15)7-10(11(16)17-19)9-5-3-2-4-6-9/h2-6,10,19H,7-8H2,1H3,(H2,16,17). The Kier molecular flexibility index (Phi) is 5.17. The van der Waals surface area contributed by atoms with E-state index in [0.29, 0.717) is 5.56 Å². The van der Waals surface area contributed by atoms with Crippen molar-refractivity contribution in [3.05, 3.63) is 35.9 Å². The van der Waals surface area contributed by atoms with Crippen LogP contribution in [0.2, 0.25) is 0 Å². The third kappa shape index (κ3) is 5.17. The highest BCUT2D eigenvalue weighted by atomic mass is 19.4. The second kappa shape index (κ2) is 6.42. The second-order valence-electron chi connectivity index (χ2n) is 4.30. The van der Waals surface area contributed by atoms with Crippen molar-refractivity contribution in [2.24, 2.45) is 10.9 Å². The fourth-order valence-corrected chi connectivity index (χ4v) is 1.81. The summed E-state index contributed by atoms with van der Waals surface area (Å²) in [6.07, 6.45) is -4.28. The van der Waals surface area contributed by atoms with Gasteiger partial charge in [-0.15, -0.1) is 0 Å². The van der Waals surface area contributed by atoms with E-state index in [-0.39, 0.29) is 12.4 Å². The zero-order valence-electron chi connectivity index (χ0n) is 10.4. The van der Waals surface area contributed by atoms with Gasteiger partial charge in [-0.05, 0) is 12.6 Å². The maximum Gasteiger partial charge on any atom is 0.401 e. The van der Waals surface area contributed by atoms with Crippen LogP contribution in [0.4, 0.5) is 13.2 Å². The number of alkyl halides is 3. The van der Waals surface area contributed by atoms with Gasteiger partial charge in [0.1, 0.15) is 5.84 Å². The van der Waals surface area contributed by atoms with Crippen LogP contribution in [0, 0.1) is 0 Å². The number of hydrogen-bond donors (Lipinski definition) is 2. The maximum atomic E-state index is 12.3. The molecule has 19 heavy (non-hydrogen) atoms. The average molecular weight is 275 g/mol. The first-order valence-corrected chi connectivity index (χ1v) is 5.61. The molecule has 0 aromatic heterocycles. The van der Waals surface area contributed by atoms with E-state index in [1.165, 1.54) is 7.05 Å². The molecule has 106 valence electrons. The van der Waals surface area contributed by atoms with Gasteiger partial charge in [-0.2, -0.15) is 13.2 Å². The number of nitrogens with two attached hydrogens (primary N) is 1. The predicted molar refractivity (Wildman–Crippen MR) is 66.1 cm³/mol. The maximum absolute atomic E-state index is 12.3. The number of benzene rings is 1. The molecular formula is C12H16F3N3O. The molecule has 0 fully saturated rings. The highest BCUT2D eigenvalue weighted by Gasteiger charge is 2.30. The smallest absolute Gasteiger partial charge is 0.401 e. The number of hydrogen-bond acceptors (Lipinski definition) is 3. The van der Waals surface area contributed by atoms with E-state index in [9.17, 15) is 13.2 Å². The molecule has 1 rings (SSSR count). The molecule has 7 heteroatoms. The van der Waals surface area contributed by atoms with E-state index in [0.717, 1.165) is 4.90 Å². The van der Waals surface area contributed by atoms with Gasteiger partial charge in [0.2, 0.25) is 0 Å². The van der Waals surface area contributed by atoms with Gasteiger partial charge in [0.05, 0.1) is 12.5 Å². The van der Waals surface area contributed by atoms with Crippen LogP contribution in [0.25, 0.3) is 0 Å². The van der Waals surface area contributed by atoms with Crippen molar-refractivity contribution in [2.75, 3.05) is 20.1 Å². The van der Waals surface area contributed by atoms with Crippen LogP contribution >= 0.6 is 0 Å². The number of nitrogens with zero attached hydrogens (tertiary/aromatic N) is 2. The molecule has 0 aliphatic carbocycles. The molecule has 1 aromatic rings. The van der Waals surface area contributed by atoms with Gasteiger partial charge < -0.3 is 10.9 Å². The lowest BCUT2D eigenvalue weighted by molar-refractivity contribution is -0.143. The molecule has 1 aromatic carbocycles. The average Bonchev–Trinajstić information content (AvgIpc) is 2.34. The monoisotopic (exact) mass is 275 g/mol. The minimum atomic E-state index is -4.28. The minimum absolute atomic E-state index is 0.0133. The van der Waals surface area contributed by atoms with E-state index in [1.807, 2.05) is 0 Å². The molecule has 0 spiro atoms. The summed E-state index contributed by atoms with van der Waals surface area (Å²) in [6, 6.07) is 8.73. The lowest BCUT2D eigenvalue weighted by atomic mass is 9.97. The Hall–Kier alpha value is -1.76. The fourth-order valence-electron chi connectivity index (χ4n) is 1.81. The molecule has 0 bridgehead atoms. The van der Waals surface area contributed by atoms with Crippen LogP contribution in [0.3, 0.4) is 0 Å². The van der Waals surface area contributed by atoms with Gasteiger partial charge in [0.25, 0.3) is 0 Å². The summed E-state index contributed by atoms with van der Waals surface area (Å²) in [6.45, 7) is -1.03. The van der Waals surface area contributed by atoms with Crippen LogP contribution in [-0.4, -0.2) is 42.3 Å². The lowest BCUT2D eigenvalue weighted by Crippen LogP contribution is -2.37. The topological polar surface area (TPSA) is 61.8 Å². The number of halogens is 3. The highest BCUT2D eigenvalue weighted by Crippen LogP contribution is 2.20. The SMILES string of the molecule is CN(CC(C(N)=NO)c1ccccc1)CC(F)(F)F. The summed E-state index contributed by atoms with van der Waals surface area (Å²) in [5.41, 5.74) is 6.25. The minimum Gasteiger partial charge on any atom is -0.409 e. The first kappa shape index (κ1) is 15.3. The summed E-state index contributed by atoms with van der Waals surface area (Å²) < 4.78 is 36.9. The normalized spacial score (nSPS) is 14.7. The van der Waals surface area contributed by atoms with Crippen LogP contribution < -0.4 is 5.73 Å². The van der Waals surface area contributed by atoms with Crippen LogP contribution in [0.5, 0.6) is 0 Å². The van der Waals surface area contributed by atoms with Crippen molar-refractivity contribution in [3.63, 3.8) is 0 Å². The fraction of sp³-hybridized carbons (Fsp3) is 0.417. The molecule has 3 N–H and O–H groups in total. The van der Waals surface area contributed by atoms with E-state index >= 15 is 0 Å². The molecular weight excluding hydrogens is 259 g/mol. The molecule has 0 amide bonds. The van der Waals surface area contributed by atoms with E-state index in [2.05, 4.69) is 5.16 Å². The predicted octanol–water partition coefficient (Wildman–Crippen LogP) is 2.01. The molecule has 0 saturated carbocycles. The van der Waals surface area contributed by atoms with Gasteiger partial charge in [0, 0.05) is 6.54 Å². The number of oxime groups is 1. The molecule has 4 nitrogen and oxygen atoms in total. The first-order valence-electron chi connectivity index (χ1n) is 5.61. The number of rotatable bonds is 5. The van der Waals surface area contributed by atoms with Crippen molar-refractivity contribution in [1.82, 2.24) is 4.90 Å². The molecule has 1 atom stereocenters. The first-order chi connectivity index (χ1) is 8.83. The van der Waals surface area contributed by atoms with Gasteiger partial charge >= 0.3 is 6.18 Å². The van der Waals surface area contributed by atoms with Gasteiger partial charge in [0.15, 0.2) is 0 Å². The van der Waals surface area contributed by atoms with Crippen molar-refractivity contribution in [1.29, 1.82) is 0 Å². The van der Waals surface area contributed by atoms with Crippen LogP contribution in [0.1, 0.15) is 11.5 Å². The van der Waals surface area contributed by atoms with Crippen molar-refractivity contribution >= 4 is 5.84 Å². The second-order valence-corrected chi connectivity index (χ2v) is 4.30. The quantitative estimate of drug-likeness (QED) is 0.374. The summed E-state index contributed by atoms with van der Waals surface area (Å²) in [5, 5.41) is 11.6. The summed E-state index contributed by atoms with van der Waals surface area (Å²) in [5.74, 6) is -0.696. The Bertz CT molecular complexity index is 420. The van der Waals surface area contributed by atoms with Gasteiger partial charge in [-0.1, -0.05) is 35.5 Å². The van der Waals surface area contributed by atoms with Crippen molar-refractivity contribution in [2.45, 2.75) is 12.1 Å². The molecule has 0 radical (unpaired) electrons. The Morgan fingerprint density at radius 3 is 2.42 bits per heavy atom. The van der Waals surface area contributed by atoms with E-state index < -0.39 is 18.6 Å². The molecule has 0 aliphatic heterocycles. The number of likely N-dealkylation sites (N-methyl/N-ethyl adjacent to an activating group) is 1. The molecule has 0 saturated heterocycles. The van der Waals surface area contributed by atoms with Gasteiger partial charge in [-0.3, -0.25) is 4.90 Å². The van der Waals surface area contributed by atoms with E-state index in [1.54, 1.807) is 30.3 Å². The summed E-state index contributed by atoms with van der Waals surface area (Å²) in [7, 11) is 1.34. The zero-order valence-corrected chi connectivity index (χ0v) is 10.4. The zero-order chi connectivity index (χ0) is 14.5. The largest absolute Gasteiger partial charge is 0.409 e. The van der Waals surface area contributed by atoms with Crippen LogP contribution in [0.15, 0.2) is 35.5 Å². The Balaban J connectivity index is 2.83.